The minimum Gasteiger partial charge on any atom is -0.391 e. The summed E-state index contributed by atoms with van der Waals surface area (Å²) >= 11 is 0. The van der Waals surface area contributed by atoms with E-state index in [0.717, 1.165) is 36.0 Å². The summed E-state index contributed by atoms with van der Waals surface area (Å²) in [6.07, 6.45) is 1.22. The Labute approximate surface area is 121 Å². The zero-order valence-corrected chi connectivity index (χ0v) is 12.9. The molecule has 6 heteroatoms. The van der Waals surface area contributed by atoms with Crippen molar-refractivity contribution in [2.45, 2.75) is 39.7 Å². The van der Waals surface area contributed by atoms with Gasteiger partial charge in [-0.3, -0.25) is 0 Å². The number of aryl methyl sites for hydroxylation is 1. The van der Waals surface area contributed by atoms with E-state index in [4.69, 9.17) is 4.74 Å². The molecule has 6 nitrogen and oxygen atoms in total. The normalized spacial score (nSPS) is 12.2. The second kappa shape index (κ2) is 8.71. The Bertz CT molecular complexity index is 412. The Hall–Kier alpha value is -1.40. The van der Waals surface area contributed by atoms with Crippen LogP contribution in [0.5, 0.6) is 0 Å². The molecule has 0 aliphatic rings. The van der Waals surface area contributed by atoms with Crippen LogP contribution in [0.1, 0.15) is 31.2 Å². The van der Waals surface area contributed by atoms with Crippen molar-refractivity contribution in [3.8, 4) is 0 Å². The third-order valence-electron chi connectivity index (χ3n) is 2.93. The standard InChI is InChI=1S/C14H26N4O2/c1-5-7-15-13-10(2)14(18-11(3)17-13)16-8-6-12(19)9-20-4/h12,19H,5-9H2,1-4H3,(H2,15,16,17,18). The van der Waals surface area contributed by atoms with Gasteiger partial charge in [0.15, 0.2) is 0 Å². The molecule has 1 unspecified atom stereocenters. The molecule has 0 aromatic carbocycles. The van der Waals surface area contributed by atoms with Gasteiger partial charge in [0.05, 0.1) is 12.7 Å². The molecule has 1 heterocycles. The summed E-state index contributed by atoms with van der Waals surface area (Å²) in [5.41, 5.74) is 1.00. The third kappa shape index (κ3) is 5.30. The number of methoxy groups -OCH3 is 1. The monoisotopic (exact) mass is 282 g/mol. The molecule has 0 bridgehead atoms. The molecule has 1 atom stereocenters. The Morgan fingerprint density at radius 1 is 1.15 bits per heavy atom. The average Bonchev–Trinajstić information content (AvgIpc) is 2.41. The van der Waals surface area contributed by atoms with Crippen molar-refractivity contribution in [2.75, 3.05) is 37.4 Å². The number of aromatic nitrogens is 2. The summed E-state index contributed by atoms with van der Waals surface area (Å²) in [7, 11) is 1.58. The highest BCUT2D eigenvalue weighted by atomic mass is 16.5. The van der Waals surface area contributed by atoms with Gasteiger partial charge in [-0.05, 0) is 26.7 Å². The molecular weight excluding hydrogens is 256 g/mol. The number of aliphatic hydroxyl groups excluding tert-OH is 1. The molecule has 3 N–H and O–H groups in total. The van der Waals surface area contributed by atoms with Gasteiger partial charge >= 0.3 is 0 Å². The molecule has 20 heavy (non-hydrogen) atoms. The molecule has 0 saturated carbocycles. The molecule has 1 aromatic heterocycles. The number of nitrogens with one attached hydrogen (secondary N) is 2. The number of ether oxygens (including phenoxy) is 1. The number of anilines is 2. The SMILES string of the molecule is CCCNc1nc(C)nc(NCCC(O)COC)c1C. The second-order valence-corrected chi connectivity index (χ2v) is 4.84. The van der Waals surface area contributed by atoms with E-state index < -0.39 is 6.10 Å². The number of hydrogen-bond donors (Lipinski definition) is 3. The van der Waals surface area contributed by atoms with Gasteiger partial charge < -0.3 is 20.5 Å². The van der Waals surface area contributed by atoms with E-state index in [0.29, 0.717) is 19.6 Å². The van der Waals surface area contributed by atoms with E-state index >= 15 is 0 Å². The van der Waals surface area contributed by atoms with Crippen LogP contribution in [-0.2, 0) is 4.74 Å². The zero-order valence-electron chi connectivity index (χ0n) is 12.9. The van der Waals surface area contributed by atoms with Crippen LogP contribution in [0.25, 0.3) is 0 Å². The molecule has 0 spiro atoms. The van der Waals surface area contributed by atoms with Crippen molar-refractivity contribution in [2.24, 2.45) is 0 Å². The maximum Gasteiger partial charge on any atom is 0.134 e. The van der Waals surface area contributed by atoms with Crippen molar-refractivity contribution in [1.29, 1.82) is 0 Å². The first-order valence-corrected chi connectivity index (χ1v) is 7.08. The van der Waals surface area contributed by atoms with Crippen LogP contribution in [-0.4, -0.2) is 48.0 Å². The smallest absolute Gasteiger partial charge is 0.134 e. The Kier molecular flexibility index (Phi) is 7.25. The number of nitrogens with zero attached hydrogens (tertiary/aromatic N) is 2. The lowest BCUT2D eigenvalue weighted by molar-refractivity contribution is 0.0615. The topological polar surface area (TPSA) is 79.3 Å². The van der Waals surface area contributed by atoms with E-state index in [9.17, 15) is 5.11 Å². The fourth-order valence-corrected chi connectivity index (χ4v) is 1.85. The number of hydrogen-bond acceptors (Lipinski definition) is 6. The average molecular weight is 282 g/mol. The van der Waals surface area contributed by atoms with E-state index in [2.05, 4.69) is 27.5 Å². The molecule has 0 amide bonds. The van der Waals surface area contributed by atoms with Crippen LogP contribution in [0.3, 0.4) is 0 Å². The van der Waals surface area contributed by atoms with Gasteiger partial charge in [-0.15, -0.1) is 0 Å². The fraction of sp³-hybridized carbons (Fsp3) is 0.714. The molecule has 0 saturated heterocycles. The first kappa shape index (κ1) is 16.7. The van der Waals surface area contributed by atoms with Crippen LogP contribution < -0.4 is 10.6 Å². The van der Waals surface area contributed by atoms with Gasteiger partial charge in [0.1, 0.15) is 17.5 Å². The van der Waals surface area contributed by atoms with Crippen LogP contribution in [0.4, 0.5) is 11.6 Å². The quantitative estimate of drug-likeness (QED) is 0.640. The minimum absolute atomic E-state index is 0.354. The molecule has 0 aliphatic heterocycles. The lowest BCUT2D eigenvalue weighted by Gasteiger charge is -2.15. The van der Waals surface area contributed by atoms with Crippen molar-refractivity contribution >= 4 is 11.6 Å². The summed E-state index contributed by atoms with van der Waals surface area (Å²) in [4.78, 5) is 8.82. The first-order chi connectivity index (χ1) is 9.58. The largest absolute Gasteiger partial charge is 0.391 e. The molecule has 1 rings (SSSR count). The van der Waals surface area contributed by atoms with Gasteiger partial charge in [0.2, 0.25) is 0 Å². The van der Waals surface area contributed by atoms with Gasteiger partial charge in [0, 0.05) is 25.8 Å². The molecule has 0 fully saturated rings. The van der Waals surface area contributed by atoms with E-state index in [-0.39, 0.29) is 0 Å². The third-order valence-corrected chi connectivity index (χ3v) is 2.93. The zero-order chi connectivity index (χ0) is 15.0. The van der Waals surface area contributed by atoms with Gasteiger partial charge in [-0.2, -0.15) is 0 Å². The first-order valence-electron chi connectivity index (χ1n) is 7.08. The summed E-state index contributed by atoms with van der Waals surface area (Å²) in [6.45, 7) is 7.88. The molecule has 1 aromatic rings. The van der Waals surface area contributed by atoms with Crippen molar-refractivity contribution in [3.05, 3.63) is 11.4 Å². The summed E-state index contributed by atoms with van der Waals surface area (Å²) in [5.74, 6) is 2.43. The highest BCUT2D eigenvalue weighted by Crippen LogP contribution is 2.19. The van der Waals surface area contributed by atoms with Crippen LogP contribution in [0.2, 0.25) is 0 Å². The molecule has 0 radical (unpaired) electrons. The number of rotatable bonds is 9. The second-order valence-electron chi connectivity index (χ2n) is 4.84. The summed E-state index contributed by atoms with van der Waals surface area (Å²) in [5, 5.41) is 16.2. The fourth-order valence-electron chi connectivity index (χ4n) is 1.85. The van der Waals surface area contributed by atoms with Crippen LogP contribution >= 0.6 is 0 Å². The van der Waals surface area contributed by atoms with Gasteiger partial charge in [0.25, 0.3) is 0 Å². The number of aliphatic hydroxyl groups is 1. The summed E-state index contributed by atoms with van der Waals surface area (Å²) in [6, 6.07) is 0. The van der Waals surface area contributed by atoms with Crippen LogP contribution in [0.15, 0.2) is 0 Å². The van der Waals surface area contributed by atoms with Gasteiger partial charge in [-0.1, -0.05) is 6.92 Å². The van der Waals surface area contributed by atoms with Crippen LogP contribution in [0, 0.1) is 13.8 Å². The summed E-state index contributed by atoms with van der Waals surface area (Å²) < 4.78 is 4.90. The Morgan fingerprint density at radius 2 is 1.75 bits per heavy atom. The Balaban J connectivity index is 2.62. The predicted octanol–water partition coefficient (Wildman–Crippen LogP) is 1.72. The lowest BCUT2D eigenvalue weighted by atomic mass is 10.2. The van der Waals surface area contributed by atoms with Gasteiger partial charge in [-0.25, -0.2) is 9.97 Å². The molecule has 114 valence electrons. The van der Waals surface area contributed by atoms with Crippen molar-refractivity contribution < 1.29 is 9.84 Å². The Morgan fingerprint density at radius 3 is 2.30 bits per heavy atom. The highest BCUT2D eigenvalue weighted by Gasteiger charge is 2.09. The predicted molar refractivity (Wildman–Crippen MR) is 81.3 cm³/mol. The lowest BCUT2D eigenvalue weighted by Crippen LogP contribution is -2.19. The molecular formula is C14H26N4O2. The maximum atomic E-state index is 9.61. The maximum absolute atomic E-state index is 9.61. The van der Waals surface area contributed by atoms with E-state index in [1.807, 2.05) is 13.8 Å². The van der Waals surface area contributed by atoms with E-state index in [1.54, 1.807) is 7.11 Å². The van der Waals surface area contributed by atoms with Crippen molar-refractivity contribution in [3.63, 3.8) is 0 Å². The van der Waals surface area contributed by atoms with E-state index in [1.165, 1.54) is 0 Å². The highest BCUT2D eigenvalue weighted by molar-refractivity contribution is 5.57. The van der Waals surface area contributed by atoms with Crippen molar-refractivity contribution in [1.82, 2.24) is 9.97 Å². The molecule has 0 aliphatic carbocycles. The minimum atomic E-state index is -0.451.